The number of carboxylic acid groups (broad SMARTS) is 2. The van der Waals surface area contributed by atoms with Crippen molar-refractivity contribution in [3.05, 3.63) is 0 Å². The van der Waals surface area contributed by atoms with Crippen LogP contribution in [-0.2, 0) is 9.59 Å². The first kappa shape index (κ1) is 22.5. The summed E-state index contributed by atoms with van der Waals surface area (Å²) in [4.78, 5) is 18.0. The molecule has 54 valence electrons. The van der Waals surface area contributed by atoms with Crippen LogP contribution in [0.3, 0.4) is 0 Å². The van der Waals surface area contributed by atoms with Crippen LogP contribution < -0.4 is 0 Å². The van der Waals surface area contributed by atoms with Gasteiger partial charge in [0.1, 0.15) is 0 Å². The van der Waals surface area contributed by atoms with E-state index in [0.29, 0.717) is 0 Å². The number of hydrogen-bond acceptors (Lipinski definition) is 2. The van der Waals surface area contributed by atoms with Crippen LogP contribution in [0.15, 0.2) is 0 Å². The molecule has 0 saturated heterocycles. The fraction of sp³-hybridized carbons (Fsp3) is 0.500. The van der Waals surface area contributed by atoms with Crippen molar-refractivity contribution in [1.29, 1.82) is 0 Å². The van der Waals surface area contributed by atoms with Gasteiger partial charge in [0, 0.05) is 13.8 Å². The summed E-state index contributed by atoms with van der Waals surface area (Å²) in [5.74, 6) is -1.67. The summed E-state index contributed by atoms with van der Waals surface area (Å²) in [6.45, 7) is 2.17. The van der Waals surface area contributed by atoms with Crippen molar-refractivity contribution < 1.29 is 19.8 Å². The molecule has 2 N–H and O–H groups in total. The molecule has 10 heavy (non-hydrogen) atoms. The van der Waals surface area contributed by atoms with Crippen molar-refractivity contribution in [1.82, 2.24) is 0 Å². The summed E-state index contributed by atoms with van der Waals surface area (Å²) < 4.78 is 0. The van der Waals surface area contributed by atoms with E-state index >= 15 is 0 Å². The quantitative estimate of drug-likeness (QED) is 0.457. The van der Waals surface area contributed by atoms with E-state index in [0.717, 1.165) is 13.8 Å². The Balaban J connectivity index is -0.0000000300. The normalized spacial score (nSPS) is 5.00. The van der Waals surface area contributed by atoms with Crippen LogP contribution in [-0.4, -0.2) is 89.4 Å². The van der Waals surface area contributed by atoms with Crippen molar-refractivity contribution in [2.75, 3.05) is 0 Å². The number of carboxylic acids is 2. The molecule has 0 fully saturated rings. The van der Waals surface area contributed by atoms with Crippen LogP contribution in [0.5, 0.6) is 0 Å². The van der Waals surface area contributed by atoms with Gasteiger partial charge in [0.2, 0.25) is 0 Å². The van der Waals surface area contributed by atoms with Gasteiger partial charge < -0.3 is 10.2 Å². The van der Waals surface area contributed by atoms with Crippen LogP contribution in [0.1, 0.15) is 13.8 Å². The molecule has 0 rings (SSSR count). The SMILES string of the molecule is CC(=O)O.CC(=O)O.[CaH2].[NaH]. The predicted molar refractivity (Wildman–Crippen MR) is 42.3 cm³/mol. The first-order chi connectivity index (χ1) is 3.46. The topological polar surface area (TPSA) is 74.6 Å². The van der Waals surface area contributed by atoms with Crippen LogP contribution in [0, 0.1) is 0 Å². The molecule has 0 aliphatic heterocycles. The Morgan fingerprint density at radius 1 is 1.00 bits per heavy atom. The first-order valence-electron chi connectivity index (χ1n) is 1.86. The van der Waals surface area contributed by atoms with Gasteiger partial charge in [-0.2, -0.15) is 0 Å². The summed E-state index contributed by atoms with van der Waals surface area (Å²) in [6, 6.07) is 0. The van der Waals surface area contributed by atoms with Crippen LogP contribution in [0.25, 0.3) is 0 Å². The fourth-order valence-electron chi connectivity index (χ4n) is 0. The maximum absolute atomic E-state index is 9.00. The van der Waals surface area contributed by atoms with Gasteiger partial charge in [-0.3, -0.25) is 9.59 Å². The average Bonchev–Trinajstić information content (AvgIpc) is 1.25. The van der Waals surface area contributed by atoms with Crippen molar-refractivity contribution in [2.45, 2.75) is 13.8 Å². The molecule has 0 aromatic carbocycles. The number of rotatable bonds is 0. The molecule has 0 aliphatic carbocycles. The zero-order chi connectivity index (χ0) is 7.15. The third-order valence-corrected chi connectivity index (χ3v) is 0. The summed E-state index contributed by atoms with van der Waals surface area (Å²) >= 11 is 0. The van der Waals surface area contributed by atoms with Gasteiger partial charge in [0.15, 0.2) is 0 Å². The Kier molecular flexibility index (Phi) is 37.4. The molecule has 0 amide bonds. The van der Waals surface area contributed by atoms with Crippen molar-refractivity contribution >= 4 is 79.2 Å². The molecule has 0 aromatic rings. The Hall–Kier alpha value is 1.20. The second-order valence-corrected chi connectivity index (χ2v) is 1.04. The van der Waals surface area contributed by atoms with Gasteiger partial charge in [0.25, 0.3) is 11.9 Å². The molecule has 0 bridgehead atoms. The average molecular weight is 186 g/mol. The third-order valence-electron chi connectivity index (χ3n) is 0. The molecule has 0 atom stereocenters. The molecule has 0 saturated carbocycles. The molecular weight excluding hydrogens is 175 g/mol. The molecule has 6 heteroatoms. The Labute approximate surface area is 111 Å². The Morgan fingerprint density at radius 2 is 1.00 bits per heavy atom. The molecule has 0 spiro atoms. The van der Waals surface area contributed by atoms with Crippen molar-refractivity contribution in [3.63, 3.8) is 0 Å². The van der Waals surface area contributed by atoms with Crippen LogP contribution >= 0.6 is 0 Å². The second-order valence-electron chi connectivity index (χ2n) is 1.04. The molecule has 4 nitrogen and oxygen atoms in total. The summed E-state index contributed by atoms with van der Waals surface area (Å²) in [5.41, 5.74) is 0. The van der Waals surface area contributed by atoms with Crippen LogP contribution in [0.4, 0.5) is 0 Å². The van der Waals surface area contributed by atoms with E-state index in [1.165, 1.54) is 0 Å². The van der Waals surface area contributed by atoms with E-state index in [9.17, 15) is 0 Å². The van der Waals surface area contributed by atoms with E-state index in [1.54, 1.807) is 0 Å². The standard InChI is InChI=1S/2C2H4O2.Ca.Na.3H/c2*1-2(3)4;;;;;/h2*1H3,(H,3,4);;;;;. The van der Waals surface area contributed by atoms with Gasteiger partial charge >= 0.3 is 67.3 Å². The molecular formula is C4H11CaNaO4. The number of carbonyl (C=O) groups is 2. The summed E-state index contributed by atoms with van der Waals surface area (Å²) in [5, 5.41) is 14.8. The molecule has 0 aliphatic rings. The van der Waals surface area contributed by atoms with Crippen molar-refractivity contribution in [2.24, 2.45) is 0 Å². The minimum absolute atomic E-state index is 0. The predicted octanol–water partition coefficient (Wildman–Crippen LogP) is -1.38. The first-order valence-corrected chi connectivity index (χ1v) is 1.86. The monoisotopic (exact) mass is 186 g/mol. The van der Waals surface area contributed by atoms with Crippen LogP contribution in [0.2, 0.25) is 0 Å². The zero-order valence-corrected chi connectivity index (χ0v) is 4.71. The van der Waals surface area contributed by atoms with Gasteiger partial charge in [-0.05, 0) is 0 Å². The second kappa shape index (κ2) is 16.7. The Morgan fingerprint density at radius 3 is 1.00 bits per heavy atom. The van der Waals surface area contributed by atoms with E-state index in [-0.39, 0.29) is 67.3 Å². The van der Waals surface area contributed by atoms with Gasteiger partial charge in [-0.25, -0.2) is 0 Å². The van der Waals surface area contributed by atoms with Gasteiger partial charge in [0.05, 0.1) is 0 Å². The van der Waals surface area contributed by atoms with E-state index in [4.69, 9.17) is 19.8 Å². The van der Waals surface area contributed by atoms with E-state index in [2.05, 4.69) is 0 Å². The minimum atomic E-state index is -0.833. The molecule has 0 heterocycles. The van der Waals surface area contributed by atoms with Gasteiger partial charge in [-0.15, -0.1) is 0 Å². The molecule has 0 radical (unpaired) electrons. The zero-order valence-electron chi connectivity index (χ0n) is 4.71. The summed E-state index contributed by atoms with van der Waals surface area (Å²) in [6.07, 6.45) is 0. The number of hydrogen-bond donors (Lipinski definition) is 2. The molecule has 0 aromatic heterocycles. The van der Waals surface area contributed by atoms with Gasteiger partial charge in [-0.1, -0.05) is 0 Å². The van der Waals surface area contributed by atoms with E-state index in [1.807, 2.05) is 0 Å². The maximum atomic E-state index is 9.00. The third kappa shape index (κ3) is 430. The van der Waals surface area contributed by atoms with Crippen molar-refractivity contribution in [3.8, 4) is 0 Å². The molecule has 0 unspecified atom stereocenters. The Bertz CT molecular complexity index is 75.3. The number of aliphatic carboxylic acids is 2. The fourth-order valence-corrected chi connectivity index (χ4v) is 0. The van der Waals surface area contributed by atoms with E-state index < -0.39 is 11.9 Å². The summed E-state index contributed by atoms with van der Waals surface area (Å²) in [7, 11) is 0.